The number of nitrogens with zero attached hydrogens (tertiary/aromatic N) is 3. The molecule has 0 saturated carbocycles. The Balaban J connectivity index is 1.85. The van der Waals surface area contributed by atoms with E-state index >= 15 is 0 Å². The van der Waals surface area contributed by atoms with Gasteiger partial charge in [0.25, 0.3) is 0 Å². The first-order chi connectivity index (χ1) is 11.5. The summed E-state index contributed by atoms with van der Waals surface area (Å²) in [4.78, 5) is 11.2. The zero-order valence-electron chi connectivity index (χ0n) is 14.3. The highest BCUT2D eigenvalue weighted by Gasteiger charge is 2.36. The molecule has 1 atom stereocenters. The van der Waals surface area contributed by atoms with Crippen molar-refractivity contribution in [2.75, 3.05) is 24.6 Å². The van der Waals surface area contributed by atoms with Gasteiger partial charge in [-0.3, -0.25) is 0 Å². The lowest BCUT2D eigenvalue weighted by Gasteiger charge is -2.43. The molecule has 2 aromatic rings. The van der Waals surface area contributed by atoms with Gasteiger partial charge in [-0.1, -0.05) is 23.7 Å². The minimum atomic E-state index is -0.159. The topological polar surface area (TPSA) is 49.2 Å². The van der Waals surface area contributed by atoms with E-state index in [9.17, 15) is 5.11 Å². The van der Waals surface area contributed by atoms with Crippen molar-refractivity contribution in [3.8, 4) is 0 Å². The van der Waals surface area contributed by atoms with Crippen molar-refractivity contribution < 1.29 is 5.11 Å². The number of aliphatic hydroxyl groups is 1. The lowest BCUT2D eigenvalue weighted by molar-refractivity contribution is 0.105. The summed E-state index contributed by atoms with van der Waals surface area (Å²) in [6.45, 7) is 5.89. The summed E-state index contributed by atoms with van der Waals surface area (Å²) in [6, 6.07) is 7.94. The predicted molar refractivity (Wildman–Crippen MR) is 97.6 cm³/mol. The molecule has 0 aliphatic carbocycles. The Morgan fingerprint density at radius 2 is 2.17 bits per heavy atom. The number of hydrogen-bond donors (Lipinski definition) is 1. The van der Waals surface area contributed by atoms with Crippen LogP contribution < -0.4 is 4.90 Å². The van der Waals surface area contributed by atoms with Gasteiger partial charge in [0.05, 0.1) is 6.61 Å². The van der Waals surface area contributed by atoms with Gasteiger partial charge in [0.1, 0.15) is 11.6 Å². The Hall–Kier alpha value is -1.65. The number of aromatic nitrogens is 2. The Morgan fingerprint density at radius 3 is 2.92 bits per heavy atom. The maximum atomic E-state index is 10.2. The van der Waals surface area contributed by atoms with Gasteiger partial charge in [-0.05, 0) is 50.8 Å². The number of piperidine rings is 1. The molecule has 1 aromatic heterocycles. The number of rotatable bonds is 4. The van der Waals surface area contributed by atoms with E-state index in [0.717, 1.165) is 54.6 Å². The van der Waals surface area contributed by atoms with Crippen LogP contribution in [0, 0.1) is 19.3 Å². The third-order valence-electron chi connectivity index (χ3n) is 4.83. The van der Waals surface area contributed by atoms with Crippen molar-refractivity contribution in [2.24, 2.45) is 5.41 Å². The Morgan fingerprint density at radius 1 is 1.33 bits per heavy atom. The molecule has 0 amide bonds. The summed E-state index contributed by atoms with van der Waals surface area (Å²) in [7, 11) is 0. The highest BCUT2D eigenvalue weighted by Crippen LogP contribution is 2.36. The van der Waals surface area contributed by atoms with Gasteiger partial charge >= 0.3 is 0 Å². The van der Waals surface area contributed by atoms with Crippen LogP contribution >= 0.6 is 11.6 Å². The summed E-state index contributed by atoms with van der Waals surface area (Å²) in [5.74, 6) is 1.77. The minimum Gasteiger partial charge on any atom is -0.396 e. The second-order valence-corrected chi connectivity index (χ2v) is 7.35. The van der Waals surface area contributed by atoms with E-state index in [1.54, 1.807) is 0 Å². The second kappa shape index (κ2) is 7.08. The van der Waals surface area contributed by atoms with Crippen molar-refractivity contribution in [3.05, 3.63) is 52.4 Å². The van der Waals surface area contributed by atoms with Crippen LogP contribution in [0.3, 0.4) is 0 Å². The van der Waals surface area contributed by atoms with Crippen molar-refractivity contribution in [1.82, 2.24) is 9.97 Å². The first-order valence-electron chi connectivity index (χ1n) is 8.42. The Kier molecular flexibility index (Phi) is 5.07. The first kappa shape index (κ1) is 17.2. The second-order valence-electron chi connectivity index (χ2n) is 6.91. The number of benzene rings is 1. The molecule has 0 spiro atoms. The monoisotopic (exact) mass is 345 g/mol. The molecule has 1 aliphatic heterocycles. The smallest absolute Gasteiger partial charge is 0.135 e. The maximum Gasteiger partial charge on any atom is 0.135 e. The molecule has 1 fully saturated rings. The van der Waals surface area contributed by atoms with Gasteiger partial charge in [0.15, 0.2) is 0 Å². The van der Waals surface area contributed by atoms with E-state index in [1.807, 2.05) is 38.2 Å². The van der Waals surface area contributed by atoms with E-state index < -0.39 is 0 Å². The Bertz CT molecular complexity index is 722. The fourth-order valence-corrected chi connectivity index (χ4v) is 3.85. The fourth-order valence-electron chi connectivity index (χ4n) is 3.64. The molecule has 128 valence electrons. The fraction of sp³-hybridized carbons (Fsp3) is 0.474. The van der Waals surface area contributed by atoms with Crippen molar-refractivity contribution in [1.29, 1.82) is 0 Å². The molecule has 1 N–H and O–H groups in total. The number of halogens is 1. The van der Waals surface area contributed by atoms with Crippen LogP contribution in [-0.2, 0) is 6.42 Å². The highest BCUT2D eigenvalue weighted by atomic mass is 35.5. The molecule has 0 radical (unpaired) electrons. The van der Waals surface area contributed by atoms with E-state index in [0.29, 0.717) is 0 Å². The van der Waals surface area contributed by atoms with E-state index in [4.69, 9.17) is 11.6 Å². The summed E-state index contributed by atoms with van der Waals surface area (Å²) < 4.78 is 0. The third-order valence-corrected chi connectivity index (χ3v) is 5.07. The van der Waals surface area contributed by atoms with Crippen molar-refractivity contribution in [3.63, 3.8) is 0 Å². The summed E-state index contributed by atoms with van der Waals surface area (Å²) >= 11 is 6.12. The molecule has 2 heterocycles. The Labute approximate surface area is 148 Å². The third kappa shape index (κ3) is 3.70. The average molecular weight is 346 g/mol. The van der Waals surface area contributed by atoms with Gasteiger partial charge in [0, 0.05) is 35.3 Å². The molecular weight excluding hydrogens is 322 g/mol. The summed E-state index contributed by atoms with van der Waals surface area (Å²) in [6.07, 6.45) is 4.76. The molecule has 24 heavy (non-hydrogen) atoms. The zero-order valence-corrected chi connectivity index (χ0v) is 15.1. The maximum absolute atomic E-state index is 10.2. The number of aryl methyl sites for hydroxylation is 2. The van der Waals surface area contributed by atoms with Crippen molar-refractivity contribution in [2.45, 2.75) is 33.1 Å². The molecule has 0 unspecified atom stereocenters. The van der Waals surface area contributed by atoms with Crippen LogP contribution in [0.25, 0.3) is 0 Å². The molecular formula is C19H24ClN3O. The average Bonchev–Trinajstić information content (AvgIpc) is 2.57. The predicted octanol–water partition coefficient (Wildman–Crippen LogP) is 3.57. The van der Waals surface area contributed by atoms with Crippen LogP contribution in [0.15, 0.2) is 30.5 Å². The molecule has 3 rings (SSSR count). The van der Waals surface area contributed by atoms with Gasteiger partial charge in [-0.15, -0.1) is 0 Å². The van der Waals surface area contributed by atoms with E-state index in [1.165, 1.54) is 5.56 Å². The van der Waals surface area contributed by atoms with E-state index in [2.05, 4.69) is 20.9 Å². The van der Waals surface area contributed by atoms with Gasteiger partial charge in [0.2, 0.25) is 0 Å². The lowest BCUT2D eigenvalue weighted by atomic mass is 9.75. The van der Waals surface area contributed by atoms with Gasteiger partial charge in [-0.25, -0.2) is 9.97 Å². The summed E-state index contributed by atoms with van der Waals surface area (Å²) in [5, 5.41) is 10.9. The van der Waals surface area contributed by atoms with Gasteiger partial charge < -0.3 is 10.0 Å². The normalized spacial score (nSPS) is 21.1. The van der Waals surface area contributed by atoms with Gasteiger partial charge in [-0.2, -0.15) is 0 Å². The number of anilines is 1. The van der Waals surface area contributed by atoms with Crippen molar-refractivity contribution >= 4 is 17.4 Å². The van der Waals surface area contributed by atoms with Crippen LogP contribution in [-0.4, -0.2) is 34.8 Å². The molecule has 1 aliphatic rings. The first-order valence-corrected chi connectivity index (χ1v) is 8.80. The van der Waals surface area contributed by atoms with E-state index in [-0.39, 0.29) is 12.0 Å². The molecule has 5 heteroatoms. The summed E-state index contributed by atoms with van der Waals surface area (Å²) in [5.41, 5.74) is 2.10. The zero-order chi connectivity index (χ0) is 17.2. The largest absolute Gasteiger partial charge is 0.396 e. The molecule has 1 saturated heterocycles. The van der Waals surface area contributed by atoms with Crippen LogP contribution in [0.4, 0.5) is 5.82 Å². The minimum absolute atomic E-state index is 0.159. The number of hydrogen-bond acceptors (Lipinski definition) is 4. The van der Waals surface area contributed by atoms with Crippen LogP contribution in [0.5, 0.6) is 0 Å². The van der Waals surface area contributed by atoms with Crippen LogP contribution in [0.1, 0.15) is 29.8 Å². The van der Waals surface area contributed by atoms with Crippen LogP contribution in [0.2, 0.25) is 5.02 Å². The lowest BCUT2D eigenvalue weighted by Crippen LogP contribution is -2.47. The molecule has 1 aromatic carbocycles. The molecule has 4 nitrogen and oxygen atoms in total. The highest BCUT2D eigenvalue weighted by molar-refractivity contribution is 6.30. The molecule has 0 bridgehead atoms. The quantitative estimate of drug-likeness (QED) is 0.920. The number of aliphatic hydroxyl groups excluding tert-OH is 1. The standard InChI is InChI=1S/C19H24ClN3O/c1-14-11-21-15(2)22-18(14)23-8-4-7-19(12-23,13-24)10-16-5-3-6-17(20)9-16/h3,5-6,9,11,24H,4,7-8,10,12-13H2,1-2H3/t19-/m1/s1. The SMILES string of the molecule is Cc1ncc(C)c(N2CCC[C@@](CO)(Cc3cccc(Cl)c3)C2)n1.